The number of amides is 1. The highest BCUT2D eigenvalue weighted by atomic mass is 19.1. The number of halogens is 1. The van der Waals surface area contributed by atoms with Gasteiger partial charge in [0.2, 0.25) is 11.7 Å². The van der Waals surface area contributed by atoms with Gasteiger partial charge in [0.25, 0.3) is 5.91 Å². The van der Waals surface area contributed by atoms with E-state index in [1.165, 1.54) is 6.07 Å². The van der Waals surface area contributed by atoms with E-state index >= 15 is 0 Å². The molecule has 1 unspecified atom stereocenters. The number of likely N-dealkylation sites (tertiary alicyclic amines) is 1. The third kappa shape index (κ3) is 4.03. The number of benzene rings is 2. The van der Waals surface area contributed by atoms with E-state index in [1.807, 2.05) is 35.2 Å². The number of piperidine rings is 1. The molecule has 1 aliphatic rings. The van der Waals surface area contributed by atoms with Crippen molar-refractivity contribution in [3.05, 3.63) is 78.1 Å². The molecule has 0 bridgehead atoms. The zero-order chi connectivity index (χ0) is 21.2. The Balaban J connectivity index is 1.28. The van der Waals surface area contributed by atoms with Crippen LogP contribution >= 0.6 is 0 Å². The van der Waals surface area contributed by atoms with Crippen LogP contribution in [0, 0.1) is 11.7 Å². The van der Waals surface area contributed by atoms with Crippen LogP contribution in [0.2, 0.25) is 0 Å². The number of fused-ring (bicyclic) bond motifs is 1. The van der Waals surface area contributed by atoms with E-state index in [-0.39, 0.29) is 23.5 Å². The van der Waals surface area contributed by atoms with Crippen LogP contribution in [0.3, 0.4) is 0 Å². The topological polar surface area (TPSA) is 72.1 Å². The number of para-hydroxylation sites is 1. The van der Waals surface area contributed by atoms with E-state index in [0.717, 1.165) is 23.7 Å². The van der Waals surface area contributed by atoms with Crippen LogP contribution in [0.1, 0.15) is 29.2 Å². The summed E-state index contributed by atoms with van der Waals surface area (Å²) < 4.78 is 19.3. The van der Waals surface area contributed by atoms with Gasteiger partial charge in [-0.25, -0.2) is 9.37 Å². The number of hydrogen-bond donors (Lipinski definition) is 0. The lowest BCUT2D eigenvalue weighted by atomic mass is 9.94. The van der Waals surface area contributed by atoms with E-state index in [2.05, 4.69) is 15.1 Å². The van der Waals surface area contributed by atoms with Crippen molar-refractivity contribution in [3.8, 4) is 11.4 Å². The van der Waals surface area contributed by atoms with Gasteiger partial charge >= 0.3 is 0 Å². The SMILES string of the molecule is O=C(c1ccc2ccccc2n1)N1CCCC(Cc2nc(-c3ccccc3F)no2)C1. The number of hydrogen-bond acceptors (Lipinski definition) is 5. The minimum absolute atomic E-state index is 0.0620. The summed E-state index contributed by atoms with van der Waals surface area (Å²) in [5.74, 6) is 0.464. The Hall–Kier alpha value is -3.61. The van der Waals surface area contributed by atoms with Gasteiger partial charge in [-0.1, -0.05) is 41.6 Å². The maximum atomic E-state index is 14.0. The van der Waals surface area contributed by atoms with Gasteiger partial charge in [0.05, 0.1) is 11.1 Å². The van der Waals surface area contributed by atoms with Crippen LogP contribution in [0.15, 0.2) is 65.2 Å². The molecule has 7 heteroatoms. The number of carbonyl (C=O) groups is 1. The number of nitrogens with zero attached hydrogens (tertiary/aromatic N) is 4. The van der Waals surface area contributed by atoms with Gasteiger partial charge in [-0.15, -0.1) is 0 Å². The van der Waals surface area contributed by atoms with E-state index in [9.17, 15) is 9.18 Å². The molecule has 4 aromatic rings. The summed E-state index contributed by atoms with van der Waals surface area (Å²) in [5, 5.41) is 4.94. The predicted octanol–water partition coefficient (Wildman–Crippen LogP) is 4.52. The first-order valence-corrected chi connectivity index (χ1v) is 10.4. The predicted molar refractivity (Wildman–Crippen MR) is 114 cm³/mol. The van der Waals surface area contributed by atoms with Crippen molar-refractivity contribution in [3.63, 3.8) is 0 Å². The molecule has 31 heavy (non-hydrogen) atoms. The molecule has 1 atom stereocenters. The molecule has 1 aliphatic heterocycles. The first-order valence-electron chi connectivity index (χ1n) is 10.4. The Morgan fingerprint density at radius 1 is 1.06 bits per heavy atom. The van der Waals surface area contributed by atoms with E-state index < -0.39 is 0 Å². The fourth-order valence-corrected chi connectivity index (χ4v) is 4.10. The molecule has 156 valence electrons. The zero-order valence-corrected chi connectivity index (χ0v) is 16.9. The zero-order valence-electron chi connectivity index (χ0n) is 16.9. The maximum absolute atomic E-state index is 14.0. The third-order valence-corrected chi connectivity index (χ3v) is 5.67. The molecule has 2 aromatic carbocycles. The first kappa shape index (κ1) is 19.4. The molecule has 0 N–H and O–H groups in total. The average Bonchev–Trinajstić information content (AvgIpc) is 3.27. The van der Waals surface area contributed by atoms with Crippen molar-refractivity contribution < 1.29 is 13.7 Å². The van der Waals surface area contributed by atoms with Crippen molar-refractivity contribution in [2.75, 3.05) is 13.1 Å². The number of carbonyl (C=O) groups excluding carboxylic acids is 1. The summed E-state index contributed by atoms with van der Waals surface area (Å²) in [6.45, 7) is 1.30. The Morgan fingerprint density at radius 2 is 1.90 bits per heavy atom. The lowest BCUT2D eigenvalue weighted by molar-refractivity contribution is 0.0662. The Bertz CT molecular complexity index is 1240. The monoisotopic (exact) mass is 416 g/mol. The summed E-state index contributed by atoms with van der Waals surface area (Å²) in [6.07, 6.45) is 2.42. The summed E-state index contributed by atoms with van der Waals surface area (Å²) in [7, 11) is 0. The molecule has 0 saturated carbocycles. The highest BCUT2D eigenvalue weighted by Gasteiger charge is 2.27. The van der Waals surface area contributed by atoms with Crippen LogP contribution in [0.5, 0.6) is 0 Å². The minimum atomic E-state index is -0.382. The lowest BCUT2D eigenvalue weighted by Gasteiger charge is -2.32. The summed E-state index contributed by atoms with van der Waals surface area (Å²) >= 11 is 0. The summed E-state index contributed by atoms with van der Waals surface area (Å²) in [5.41, 5.74) is 1.59. The second-order valence-electron chi connectivity index (χ2n) is 7.84. The highest BCUT2D eigenvalue weighted by molar-refractivity contribution is 5.95. The van der Waals surface area contributed by atoms with Gasteiger partial charge in [0.15, 0.2) is 0 Å². The number of pyridine rings is 1. The van der Waals surface area contributed by atoms with Gasteiger partial charge < -0.3 is 9.42 Å². The van der Waals surface area contributed by atoms with E-state index in [4.69, 9.17) is 4.52 Å². The molecular weight excluding hydrogens is 395 g/mol. The Labute approximate surface area is 178 Å². The molecule has 5 rings (SSSR count). The maximum Gasteiger partial charge on any atom is 0.272 e. The van der Waals surface area contributed by atoms with Crippen LogP contribution in [0.25, 0.3) is 22.3 Å². The average molecular weight is 416 g/mol. The molecule has 0 spiro atoms. The van der Waals surface area contributed by atoms with Gasteiger partial charge in [0, 0.05) is 24.9 Å². The van der Waals surface area contributed by atoms with E-state index in [1.54, 1.807) is 24.3 Å². The molecule has 3 heterocycles. The van der Waals surface area contributed by atoms with Crippen LogP contribution in [-0.4, -0.2) is 39.0 Å². The van der Waals surface area contributed by atoms with Gasteiger partial charge in [-0.2, -0.15) is 4.98 Å². The van der Waals surface area contributed by atoms with Crippen LogP contribution in [0.4, 0.5) is 4.39 Å². The van der Waals surface area contributed by atoms with Gasteiger partial charge in [0.1, 0.15) is 11.5 Å². The molecule has 1 saturated heterocycles. The molecule has 0 aliphatic carbocycles. The summed E-state index contributed by atoms with van der Waals surface area (Å²) in [6, 6.07) is 17.8. The van der Waals surface area contributed by atoms with Gasteiger partial charge in [-0.3, -0.25) is 4.79 Å². The van der Waals surface area contributed by atoms with Crippen LogP contribution in [-0.2, 0) is 6.42 Å². The fraction of sp³-hybridized carbons (Fsp3) is 0.250. The normalized spacial score (nSPS) is 16.5. The highest BCUT2D eigenvalue weighted by Crippen LogP contribution is 2.24. The molecule has 0 radical (unpaired) electrons. The molecular formula is C24H21FN4O2. The van der Waals surface area contributed by atoms with E-state index in [0.29, 0.717) is 36.7 Å². The molecule has 1 amide bonds. The van der Waals surface area contributed by atoms with Crippen molar-refractivity contribution in [2.45, 2.75) is 19.3 Å². The minimum Gasteiger partial charge on any atom is -0.339 e. The second-order valence-corrected chi connectivity index (χ2v) is 7.84. The largest absolute Gasteiger partial charge is 0.339 e. The van der Waals surface area contributed by atoms with Crippen molar-refractivity contribution in [1.82, 2.24) is 20.0 Å². The first-order chi connectivity index (χ1) is 15.2. The Kier molecular flexibility index (Phi) is 5.16. The fourth-order valence-electron chi connectivity index (χ4n) is 4.10. The summed E-state index contributed by atoms with van der Waals surface area (Å²) in [4.78, 5) is 23.8. The number of aromatic nitrogens is 3. The molecule has 1 fully saturated rings. The second kappa shape index (κ2) is 8.26. The molecule has 2 aromatic heterocycles. The Morgan fingerprint density at radius 3 is 2.81 bits per heavy atom. The number of rotatable bonds is 4. The smallest absolute Gasteiger partial charge is 0.272 e. The third-order valence-electron chi connectivity index (χ3n) is 5.67. The van der Waals surface area contributed by atoms with Crippen LogP contribution < -0.4 is 0 Å². The van der Waals surface area contributed by atoms with Crippen molar-refractivity contribution >= 4 is 16.8 Å². The van der Waals surface area contributed by atoms with Gasteiger partial charge in [-0.05, 0) is 43.0 Å². The lowest BCUT2D eigenvalue weighted by Crippen LogP contribution is -2.40. The standard InChI is InChI=1S/C24H21FN4O2/c25-19-9-3-2-8-18(19)23-27-22(31-28-23)14-16-6-5-13-29(15-16)24(30)21-12-11-17-7-1-4-10-20(17)26-21/h1-4,7-12,16H,5-6,13-15H2. The van der Waals surface area contributed by atoms with Crippen molar-refractivity contribution in [2.24, 2.45) is 5.92 Å². The van der Waals surface area contributed by atoms with Crippen molar-refractivity contribution in [1.29, 1.82) is 0 Å². The molecule has 6 nitrogen and oxygen atoms in total. The quantitative estimate of drug-likeness (QED) is 0.489.